The molecule has 0 spiro atoms. The monoisotopic (exact) mass is 520 g/mol. The molecule has 0 aromatic heterocycles. The third-order valence-electron chi connectivity index (χ3n) is 5.55. The Bertz CT molecular complexity index is 899. The normalized spacial score (nSPS) is 12.8. The number of aromatic hydroxyl groups is 1. The summed E-state index contributed by atoms with van der Waals surface area (Å²) < 4.78 is 5.27. The van der Waals surface area contributed by atoms with E-state index in [1.807, 2.05) is 6.92 Å². The second-order valence-electron chi connectivity index (χ2n) is 10.1. The predicted molar refractivity (Wildman–Crippen MR) is 142 cm³/mol. The average molecular weight is 521 g/mol. The molecule has 10 nitrogen and oxygen atoms in total. The first-order valence-electron chi connectivity index (χ1n) is 13.0. The lowest BCUT2D eigenvalue weighted by Crippen LogP contribution is -2.54. The summed E-state index contributed by atoms with van der Waals surface area (Å²) in [7, 11) is 0. The SMILES string of the molecule is CCCCCNC(=O)C(c1ccccc1O)N(CCCCC)C(=O)C(CC(N)=O)NC(=O)OC(C)(C)C. The fraction of sp³-hybridized carbons (Fsp3) is 0.630. The van der Waals surface area contributed by atoms with E-state index in [-0.39, 0.29) is 17.9 Å². The Balaban J connectivity index is 3.44. The Morgan fingerprint density at radius 2 is 1.65 bits per heavy atom. The zero-order valence-electron chi connectivity index (χ0n) is 22.8. The number of hydrogen-bond acceptors (Lipinski definition) is 6. The van der Waals surface area contributed by atoms with E-state index < -0.39 is 47.9 Å². The van der Waals surface area contributed by atoms with Crippen LogP contribution in [-0.4, -0.2) is 58.6 Å². The van der Waals surface area contributed by atoms with E-state index in [1.54, 1.807) is 39.0 Å². The van der Waals surface area contributed by atoms with Crippen LogP contribution < -0.4 is 16.4 Å². The number of benzene rings is 1. The summed E-state index contributed by atoms with van der Waals surface area (Å²) in [6.45, 7) is 9.65. The summed E-state index contributed by atoms with van der Waals surface area (Å²) in [5, 5.41) is 15.9. The van der Waals surface area contributed by atoms with Gasteiger partial charge in [-0.05, 0) is 39.7 Å². The molecule has 208 valence electrons. The molecule has 1 aromatic rings. The number of ether oxygens (including phenoxy) is 1. The molecule has 0 bridgehead atoms. The van der Waals surface area contributed by atoms with Crippen LogP contribution in [0.25, 0.3) is 0 Å². The number of nitrogens with two attached hydrogens (primary N) is 1. The van der Waals surface area contributed by atoms with E-state index in [0.29, 0.717) is 13.0 Å². The number of carbonyl (C=O) groups excluding carboxylic acids is 4. The quantitative estimate of drug-likeness (QED) is 0.260. The first-order valence-corrected chi connectivity index (χ1v) is 13.0. The molecule has 0 saturated heterocycles. The summed E-state index contributed by atoms with van der Waals surface area (Å²) in [5.41, 5.74) is 4.81. The molecule has 2 atom stereocenters. The van der Waals surface area contributed by atoms with Gasteiger partial charge in [-0.1, -0.05) is 57.7 Å². The third kappa shape index (κ3) is 11.5. The predicted octanol–water partition coefficient (Wildman–Crippen LogP) is 3.53. The summed E-state index contributed by atoms with van der Waals surface area (Å²) in [4.78, 5) is 53.0. The number of unbranched alkanes of at least 4 members (excludes halogenated alkanes) is 4. The van der Waals surface area contributed by atoms with Crippen LogP contribution >= 0.6 is 0 Å². The van der Waals surface area contributed by atoms with E-state index in [1.165, 1.54) is 11.0 Å². The topological polar surface area (TPSA) is 151 Å². The molecule has 37 heavy (non-hydrogen) atoms. The molecular weight excluding hydrogens is 476 g/mol. The van der Waals surface area contributed by atoms with Crippen LogP contribution in [0, 0.1) is 0 Å². The van der Waals surface area contributed by atoms with Gasteiger partial charge >= 0.3 is 6.09 Å². The van der Waals surface area contributed by atoms with Gasteiger partial charge in [0.05, 0.1) is 6.42 Å². The molecule has 0 saturated carbocycles. The molecule has 10 heteroatoms. The van der Waals surface area contributed by atoms with Gasteiger partial charge in [-0.3, -0.25) is 14.4 Å². The average Bonchev–Trinajstić information content (AvgIpc) is 2.80. The Labute approximate surface area is 220 Å². The second kappa shape index (κ2) is 15.7. The zero-order chi connectivity index (χ0) is 28.0. The fourth-order valence-electron chi connectivity index (χ4n) is 3.80. The van der Waals surface area contributed by atoms with Gasteiger partial charge in [0.15, 0.2) is 0 Å². The molecule has 2 unspecified atom stereocenters. The highest BCUT2D eigenvalue weighted by atomic mass is 16.6. The maximum Gasteiger partial charge on any atom is 0.408 e. The van der Waals surface area contributed by atoms with Crippen molar-refractivity contribution in [3.05, 3.63) is 29.8 Å². The van der Waals surface area contributed by atoms with Crippen molar-refractivity contribution in [2.45, 2.75) is 97.2 Å². The number of nitrogens with zero attached hydrogens (tertiary/aromatic N) is 1. The molecular formula is C27H44N4O6. The molecule has 0 fully saturated rings. The van der Waals surface area contributed by atoms with Gasteiger partial charge in [-0.15, -0.1) is 0 Å². The maximum atomic E-state index is 13.9. The van der Waals surface area contributed by atoms with Gasteiger partial charge in [-0.2, -0.15) is 0 Å². The first kappa shape index (κ1) is 31.7. The standard InChI is InChI=1S/C27H44N4O6/c1-6-8-12-16-29-24(34)23(19-14-10-11-15-21(19)32)31(17-13-9-7-2)25(35)20(18-22(28)33)30-26(36)37-27(3,4)5/h10-11,14-15,20,23,32H,6-9,12-13,16-18H2,1-5H3,(H2,28,33)(H,29,34)(H,30,36). The number of phenols is 1. The maximum absolute atomic E-state index is 13.9. The Kier molecular flexibility index (Phi) is 13.5. The van der Waals surface area contributed by atoms with Gasteiger partial charge in [0, 0.05) is 18.7 Å². The zero-order valence-corrected chi connectivity index (χ0v) is 22.8. The number of phenolic OH excluding ortho intramolecular Hbond substituents is 1. The Morgan fingerprint density at radius 3 is 2.22 bits per heavy atom. The second-order valence-corrected chi connectivity index (χ2v) is 10.1. The van der Waals surface area contributed by atoms with Crippen molar-refractivity contribution in [1.29, 1.82) is 0 Å². The van der Waals surface area contributed by atoms with Crippen molar-refractivity contribution in [3.8, 4) is 5.75 Å². The molecule has 0 aliphatic carbocycles. The summed E-state index contributed by atoms with van der Waals surface area (Å²) >= 11 is 0. The van der Waals surface area contributed by atoms with Gasteiger partial charge < -0.3 is 31.1 Å². The number of alkyl carbamates (subject to hydrolysis) is 1. The highest BCUT2D eigenvalue weighted by molar-refractivity contribution is 5.94. The molecule has 4 amide bonds. The van der Waals surface area contributed by atoms with Crippen LogP contribution in [0.4, 0.5) is 4.79 Å². The lowest BCUT2D eigenvalue weighted by atomic mass is 10.00. The van der Waals surface area contributed by atoms with Gasteiger partial charge in [0.25, 0.3) is 0 Å². The van der Waals surface area contributed by atoms with Crippen LogP contribution in [0.5, 0.6) is 5.75 Å². The molecule has 0 heterocycles. The number of rotatable bonds is 15. The van der Waals surface area contributed by atoms with Gasteiger partial charge in [0.2, 0.25) is 17.7 Å². The number of amides is 4. The minimum Gasteiger partial charge on any atom is -0.508 e. The Morgan fingerprint density at radius 1 is 1.03 bits per heavy atom. The van der Waals surface area contributed by atoms with Crippen molar-refractivity contribution in [1.82, 2.24) is 15.5 Å². The number of carbonyl (C=O) groups is 4. The minimum absolute atomic E-state index is 0.143. The van der Waals surface area contributed by atoms with Crippen LogP contribution in [0.15, 0.2) is 24.3 Å². The van der Waals surface area contributed by atoms with E-state index in [0.717, 1.165) is 32.1 Å². The highest BCUT2D eigenvalue weighted by Crippen LogP contribution is 2.30. The van der Waals surface area contributed by atoms with E-state index >= 15 is 0 Å². The van der Waals surface area contributed by atoms with Crippen molar-refractivity contribution >= 4 is 23.8 Å². The summed E-state index contributed by atoms with van der Waals surface area (Å²) in [5.74, 6) is -2.07. The summed E-state index contributed by atoms with van der Waals surface area (Å²) in [6, 6.07) is 3.79. The molecule has 1 aromatic carbocycles. The highest BCUT2D eigenvalue weighted by Gasteiger charge is 2.37. The largest absolute Gasteiger partial charge is 0.508 e. The lowest BCUT2D eigenvalue weighted by molar-refractivity contribution is -0.143. The van der Waals surface area contributed by atoms with Gasteiger partial charge in [-0.25, -0.2) is 4.79 Å². The van der Waals surface area contributed by atoms with Crippen LogP contribution in [0.3, 0.4) is 0 Å². The minimum atomic E-state index is -1.35. The summed E-state index contributed by atoms with van der Waals surface area (Å²) in [6.07, 6.45) is 3.54. The van der Waals surface area contributed by atoms with Crippen molar-refractivity contribution in [3.63, 3.8) is 0 Å². The molecule has 0 aliphatic heterocycles. The number of nitrogens with one attached hydrogen (secondary N) is 2. The van der Waals surface area contributed by atoms with E-state index in [9.17, 15) is 24.3 Å². The van der Waals surface area contributed by atoms with Gasteiger partial charge in [0.1, 0.15) is 23.4 Å². The fourth-order valence-corrected chi connectivity index (χ4v) is 3.80. The number of primary amides is 1. The molecule has 0 radical (unpaired) electrons. The van der Waals surface area contributed by atoms with E-state index in [2.05, 4.69) is 17.6 Å². The van der Waals surface area contributed by atoms with Crippen molar-refractivity contribution in [2.75, 3.05) is 13.1 Å². The molecule has 5 N–H and O–H groups in total. The van der Waals surface area contributed by atoms with E-state index in [4.69, 9.17) is 10.5 Å². The molecule has 1 rings (SSSR count). The van der Waals surface area contributed by atoms with Crippen molar-refractivity contribution < 1.29 is 29.0 Å². The third-order valence-corrected chi connectivity index (χ3v) is 5.55. The number of para-hydroxylation sites is 1. The van der Waals surface area contributed by atoms with Crippen molar-refractivity contribution in [2.24, 2.45) is 5.73 Å². The van der Waals surface area contributed by atoms with Crippen LogP contribution in [0.2, 0.25) is 0 Å². The smallest absolute Gasteiger partial charge is 0.408 e. The first-order chi connectivity index (χ1) is 17.4. The van der Waals surface area contributed by atoms with Crippen LogP contribution in [0.1, 0.15) is 91.2 Å². The van der Waals surface area contributed by atoms with Crippen LogP contribution in [-0.2, 0) is 19.1 Å². The number of hydrogen-bond donors (Lipinski definition) is 4. The Hall–Kier alpha value is -3.30. The lowest BCUT2D eigenvalue weighted by Gasteiger charge is -2.34. The molecule has 0 aliphatic rings.